The molecule has 0 saturated carbocycles. The molecule has 3 heteroatoms. The van der Waals surface area contributed by atoms with Gasteiger partial charge in [-0.15, -0.1) is 0 Å². The Morgan fingerprint density at radius 1 is 1.28 bits per heavy atom. The molecule has 1 nitrogen and oxygen atoms in total. The van der Waals surface area contributed by atoms with Crippen molar-refractivity contribution < 1.29 is 0 Å². The first-order valence-corrected chi connectivity index (χ1v) is 8.60. The molecule has 0 aliphatic rings. The second-order valence-corrected chi connectivity index (χ2v) is 7.20. The number of hydrogen-bond acceptors (Lipinski definition) is 1. The molecule has 1 atom stereocenters. The zero-order valence-corrected chi connectivity index (χ0v) is 15.2. The molecule has 0 heterocycles. The molecule has 0 amide bonds. The average molecular weight is 424 g/mol. The Morgan fingerprint density at radius 2 is 2.00 bits per heavy atom. The number of benzene rings is 1. The molecule has 1 aromatic rings. The molecule has 1 rings (SSSR count). The Hall–Kier alpha value is 0.390. The summed E-state index contributed by atoms with van der Waals surface area (Å²) in [5, 5.41) is 3.61. The average Bonchev–Trinajstić information content (AvgIpc) is 2.31. The minimum absolute atomic E-state index is 0.470. The van der Waals surface area contributed by atoms with E-state index >= 15 is 0 Å². The highest BCUT2D eigenvalue weighted by atomic mass is 127. The Morgan fingerprint density at radius 3 is 2.61 bits per heavy atom. The maximum Gasteiger partial charge on any atom is 0.0331 e. The molecule has 0 aliphatic heterocycles. The van der Waals surface area contributed by atoms with Crippen LogP contribution in [-0.2, 0) is 0 Å². The summed E-state index contributed by atoms with van der Waals surface area (Å²) in [4.78, 5) is 0. The van der Waals surface area contributed by atoms with Crippen LogP contribution in [0.1, 0.15) is 51.6 Å². The lowest BCUT2D eigenvalue weighted by Gasteiger charge is -2.20. The lowest BCUT2D eigenvalue weighted by molar-refractivity contribution is 0.454. The quantitative estimate of drug-likeness (QED) is 0.568. The van der Waals surface area contributed by atoms with Gasteiger partial charge in [0.15, 0.2) is 0 Å². The van der Waals surface area contributed by atoms with Gasteiger partial charge in [0.25, 0.3) is 0 Å². The number of nitrogens with one attached hydrogen (secondary N) is 1. The minimum atomic E-state index is 0.470. The third-order valence-corrected chi connectivity index (χ3v) is 4.45. The van der Waals surface area contributed by atoms with Crippen LogP contribution >= 0.6 is 38.5 Å². The Labute approximate surface area is 133 Å². The Bertz CT molecular complexity index is 366. The van der Waals surface area contributed by atoms with E-state index in [0.29, 0.717) is 6.04 Å². The Balaban J connectivity index is 2.73. The fraction of sp³-hybridized carbons (Fsp3) is 0.600. The van der Waals surface area contributed by atoms with Gasteiger partial charge in [-0.2, -0.15) is 0 Å². The zero-order valence-electron chi connectivity index (χ0n) is 11.5. The second-order valence-electron chi connectivity index (χ2n) is 5.10. The predicted octanol–water partition coefficient (Wildman–Crippen LogP) is 5.53. The van der Waals surface area contributed by atoms with E-state index < -0.39 is 0 Å². The Kier molecular flexibility index (Phi) is 7.80. The van der Waals surface area contributed by atoms with Gasteiger partial charge >= 0.3 is 0 Å². The third-order valence-electron chi connectivity index (χ3n) is 3.06. The van der Waals surface area contributed by atoms with Gasteiger partial charge in [0.05, 0.1) is 0 Å². The number of rotatable bonds is 7. The molecule has 102 valence electrons. The van der Waals surface area contributed by atoms with Crippen LogP contribution in [0.15, 0.2) is 22.7 Å². The fourth-order valence-corrected chi connectivity index (χ4v) is 3.16. The van der Waals surface area contributed by atoms with Crippen LogP contribution in [0.2, 0.25) is 0 Å². The van der Waals surface area contributed by atoms with E-state index in [1.165, 1.54) is 32.9 Å². The van der Waals surface area contributed by atoms with Crippen LogP contribution in [0.4, 0.5) is 0 Å². The number of hydrogen-bond donors (Lipinski definition) is 1. The standard InChI is InChI=1S/C15H23BrIN/c1-4-18-15(7-5-6-11(2)3)13-10-12(17)8-9-14(13)16/h8-11,15,18H,4-7H2,1-3H3. The zero-order chi connectivity index (χ0) is 13.5. The van der Waals surface area contributed by atoms with Crippen LogP contribution < -0.4 is 5.32 Å². The molecule has 18 heavy (non-hydrogen) atoms. The van der Waals surface area contributed by atoms with E-state index in [1.54, 1.807) is 0 Å². The summed E-state index contributed by atoms with van der Waals surface area (Å²) in [6, 6.07) is 7.06. The molecule has 0 aromatic heterocycles. The van der Waals surface area contributed by atoms with Gasteiger partial charge in [0.1, 0.15) is 0 Å². The van der Waals surface area contributed by atoms with Crippen molar-refractivity contribution in [2.45, 2.75) is 46.1 Å². The predicted molar refractivity (Wildman–Crippen MR) is 92.0 cm³/mol. The normalized spacial score (nSPS) is 13.0. The maximum absolute atomic E-state index is 3.68. The van der Waals surface area contributed by atoms with E-state index in [0.717, 1.165) is 12.5 Å². The van der Waals surface area contributed by atoms with Crippen LogP contribution in [0.3, 0.4) is 0 Å². The SMILES string of the molecule is CCNC(CCCC(C)C)c1cc(I)ccc1Br. The minimum Gasteiger partial charge on any atom is -0.310 e. The van der Waals surface area contributed by atoms with Gasteiger partial charge in [-0.05, 0) is 65.2 Å². The molecular formula is C15H23BrIN. The summed E-state index contributed by atoms with van der Waals surface area (Å²) in [6.45, 7) is 7.79. The van der Waals surface area contributed by atoms with Crippen molar-refractivity contribution in [3.8, 4) is 0 Å². The summed E-state index contributed by atoms with van der Waals surface area (Å²) >= 11 is 6.06. The van der Waals surface area contributed by atoms with Crippen molar-refractivity contribution in [1.82, 2.24) is 5.32 Å². The first-order chi connectivity index (χ1) is 8.54. The molecule has 0 fully saturated rings. The monoisotopic (exact) mass is 423 g/mol. The van der Waals surface area contributed by atoms with E-state index in [1.807, 2.05) is 0 Å². The number of halogens is 2. The van der Waals surface area contributed by atoms with Crippen LogP contribution in [0.5, 0.6) is 0 Å². The molecule has 0 saturated heterocycles. The van der Waals surface area contributed by atoms with E-state index in [-0.39, 0.29) is 0 Å². The first-order valence-electron chi connectivity index (χ1n) is 6.73. The van der Waals surface area contributed by atoms with Crippen LogP contribution in [0, 0.1) is 9.49 Å². The molecular weight excluding hydrogens is 401 g/mol. The highest BCUT2D eigenvalue weighted by molar-refractivity contribution is 14.1. The van der Waals surface area contributed by atoms with Crippen molar-refractivity contribution in [3.63, 3.8) is 0 Å². The molecule has 0 spiro atoms. The largest absolute Gasteiger partial charge is 0.310 e. The van der Waals surface area contributed by atoms with Gasteiger partial charge < -0.3 is 5.32 Å². The smallest absolute Gasteiger partial charge is 0.0331 e. The van der Waals surface area contributed by atoms with Crippen molar-refractivity contribution in [2.75, 3.05) is 6.54 Å². The van der Waals surface area contributed by atoms with E-state index in [2.05, 4.69) is 82.8 Å². The summed E-state index contributed by atoms with van der Waals surface area (Å²) in [5.74, 6) is 0.798. The lowest BCUT2D eigenvalue weighted by atomic mass is 9.98. The molecule has 0 radical (unpaired) electrons. The van der Waals surface area contributed by atoms with Gasteiger partial charge in [-0.25, -0.2) is 0 Å². The van der Waals surface area contributed by atoms with Crippen molar-refractivity contribution >= 4 is 38.5 Å². The van der Waals surface area contributed by atoms with E-state index in [9.17, 15) is 0 Å². The molecule has 0 bridgehead atoms. The highest BCUT2D eigenvalue weighted by Gasteiger charge is 2.13. The molecule has 1 N–H and O–H groups in total. The van der Waals surface area contributed by atoms with Crippen LogP contribution in [-0.4, -0.2) is 6.54 Å². The molecule has 0 aliphatic carbocycles. The second kappa shape index (κ2) is 8.54. The summed E-state index contributed by atoms with van der Waals surface area (Å²) in [5.41, 5.74) is 1.40. The van der Waals surface area contributed by atoms with Gasteiger partial charge in [-0.1, -0.05) is 49.5 Å². The van der Waals surface area contributed by atoms with Crippen molar-refractivity contribution in [3.05, 3.63) is 31.8 Å². The topological polar surface area (TPSA) is 12.0 Å². The van der Waals surface area contributed by atoms with Crippen LogP contribution in [0.25, 0.3) is 0 Å². The highest BCUT2D eigenvalue weighted by Crippen LogP contribution is 2.29. The van der Waals surface area contributed by atoms with Crippen molar-refractivity contribution in [2.24, 2.45) is 5.92 Å². The van der Waals surface area contributed by atoms with Crippen molar-refractivity contribution in [1.29, 1.82) is 0 Å². The summed E-state index contributed by atoms with van der Waals surface area (Å²) < 4.78 is 2.52. The van der Waals surface area contributed by atoms with E-state index in [4.69, 9.17) is 0 Å². The summed E-state index contributed by atoms with van der Waals surface area (Å²) in [7, 11) is 0. The molecule has 1 aromatic carbocycles. The van der Waals surface area contributed by atoms with Gasteiger partial charge in [-0.3, -0.25) is 0 Å². The lowest BCUT2D eigenvalue weighted by Crippen LogP contribution is -2.21. The fourth-order valence-electron chi connectivity index (χ4n) is 2.13. The third kappa shape index (κ3) is 5.57. The maximum atomic E-state index is 3.68. The van der Waals surface area contributed by atoms with Gasteiger partial charge in [0.2, 0.25) is 0 Å². The first kappa shape index (κ1) is 16.4. The molecule has 1 unspecified atom stereocenters. The summed E-state index contributed by atoms with van der Waals surface area (Å²) in [6.07, 6.45) is 3.81. The van der Waals surface area contributed by atoms with Gasteiger partial charge in [0, 0.05) is 14.1 Å².